The van der Waals surface area contributed by atoms with Crippen LogP contribution in [0.2, 0.25) is 0 Å². The van der Waals surface area contributed by atoms with Gasteiger partial charge in [-0.1, -0.05) is 12.2 Å². The van der Waals surface area contributed by atoms with Crippen molar-refractivity contribution in [2.75, 3.05) is 26.9 Å². The Labute approximate surface area is 108 Å². The minimum Gasteiger partial charge on any atom is -0.489 e. The zero-order chi connectivity index (χ0) is 13.2. The number of benzene rings is 1. The van der Waals surface area contributed by atoms with Gasteiger partial charge in [-0.25, -0.2) is 4.39 Å². The first-order valence-electron chi connectivity index (χ1n) is 6.00. The van der Waals surface area contributed by atoms with Crippen LogP contribution in [0, 0.1) is 5.82 Å². The van der Waals surface area contributed by atoms with Gasteiger partial charge in [0.05, 0.1) is 6.61 Å². The summed E-state index contributed by atoms with van der Waals surface area (Å²) in [4.78, 5) is 0. The first-order chi connectivity index (χ1) is 8.77. The molecule has 0 unspecified atom stereocenters. The molecular formula is C14H20FNO2. The Morgan fingerprint density at radius 2 is 2.22 bits per heavy atom. The lowest BCUT2D eigenvalue weighted by atomic mass is 10.2. The fourth-order valence-electron chi connectivity index (χ4n) is 1.46. The Morgan fingerprint density at radius 3 is 2.94 bits per heavy atom. The molecule has 0 saturated heterocycles. The predicted molar refractivity (Wildman–Crippen MR) is 70.3 cm³/mol. The molecule has 0 fully saturated rings. The third-order valence-corrected chi connectivity index (χ3v) is 2.39. The van der Waals surface area contributed by atoms with Crippen molar-refractivity contribution in [3.8, 4) is 5.75 Å². The van der Waals surface area contributed by atoms with Crippen molar-refractivity contribution in [3.63, 3.8) is 0 Å². The van der Waals surface area contributed by atoms with Crippen LogP contribution in [-0.2, 0) is 11.3 Å². The molecular weight excluding hydrogens is 233 g/mol. The van der Waals surface area contributed by atoms with Crippen molar-refractivity contribution in [2.24, 2.45) is 0 Å². The Kier molecular flexibility index (Phi) is 7.06. The summed E-state index contributed by atoms with van der Waals surface area (Å²) in [5.41, 5.74) is 0.815. The highest BCUT2D eigenvalue weighted by Gasteiger charge is 2.04. The summed E-state index contributed by atoms with van der Waals surface area (Å²) in [6.45, 7) is 4.34. The Bertz CT molecular complexity index is 380. The summed E-state index contributed by atoms with van der Waals surface area (Å²) in [5.74, 6) is 0.455. The first kappa shape index (κ1) is 14.7. The second kappa shape index (κ2) is 8.66. The maximum atomic E-state index is 13.2. The average molecular weight is 253 g/mol. The van der Waals surface area contributed by atoms with Gasteiger partial charge in [-0.15, -0.1) is 0 Å². The van der Waals surface area contributed by atoms with Gasteiger partial charge < -0.3 is 14.8 Å². The van der Waals surface area contributed by atoms with E-state index in [4.69, 9.17) is 9.47 Å². The molecule has 0 aliphatic carbocycles. The van der Waals surface area contributed by atoms with Crippen LogP contribution in [0.4, 0.5) is 4.39 Å². The Balaban J connectivity index is 2.58. The van der Waals surface area contributed by atoms with Crippen LogP contribution in [-0.4, -0.2) is 26.9 Å². The van der Waals surface area contributed by atoms with E-state index >= 15 is 0 Å². The fourth-order valence-corrected chi connectivity index (χ4v) is 1.46. The van der Waals surface area contributed by atoms with Gasteiger partial charge in [0.2, 0.25) is 0 Å². The van der Waals surface area contributed by atoms with Crippen LogP contribution in [0.25, 0.3) is 0 Å². The second-order valence-electron chi connectivity index (χ2n) is 3.80. The molecule has 0 saturated carbocycles. The number of rotatable bonds is 8. The summed E-state index contributed by atoms with van der Waals surface area (Å²) in [5, 5.41) is 3.17. The molecule has 18 heavy (non-hydrogen) atoms. The largest absolute Gasteiger partial charge is 0.489 e. The minimum absolute atomic E-state index is 0.253. The van der Waals surface area contributed by atoms with Crippen LogP contribution in [0.15, 0.2) is 30.4 Å². The second-order valence-corrected chi connectivity index (χ2v) is 3.80. The van der Waals surface area contributed by atoms with Crippen molar-refractivity contribution in [1.29, 1.82) is 0 Å². The van der Waals surface area contributed by atoms with Crippen LogP contribution < -0.4 is 10.1 Å². The molecule has 0 bridgehead atoms. The van der Waals surface area contributed by atoms with Gasteiger partial charge in [-0.2, -0.15) is 0 Å². The van der Waals surface area contributed by atoms with E-state index in [1.807, 2.05) is 19.1 Å². The molecule has 0 aliphatic rings. The van der Waals surface area contributed by atoms with Gasteiger partial charge in [-0.3, -0.25) is 0 Å². The smallest absolute Gasteiger partial charge is 0.124 e. The fraction of sp³-hybridized carbons (Fsp3) is 0.429. The first-order valence-corrected chi connectivity index (χ1v) is 6.00. The molecule has 100 valence electrons. The molecule has 0 aliphatic heterocycles. The van der Waals surface area contributed by atoms with E-state index in [0.29, 0.717) is 25.5 Å². The number of ether oxygens (including phenoxy) is 2. The van der Waals surface area contributed by atoms with E-state index in [9.17, 15) is 4.39 Å². The van der Waals surface area contributed by atoms with Crippen LogP contribution in [0.5, 0.6) is 5.75 Å². The molecule has 0 spiro atoms. The highest BCUT2D eigenvalue weighted by Crippen LogP contribution is 2.19. The number of halogens is 1. The molecule has 1 rings (SSSR count). The van der Waals surface area contributed by atoms with E-state index in [1.165, 1.54) is 12.1 Å². The monoisotopic (exact) mass is 253 g/mol. The molecule has 0 amide bonds. The molecule has 4 heteroatoms. The quantitative estimate of drug-likeness (QED) is 0.570. The summed E-state index contributed by atoms with van der Waals surface area (Å²) in [6.07, 6.45) is 3.82. The highest BCUT2D eigenvalue weighted by molar-refractivity contribution is 5.34. The SMILES string of the molecule is C/C=C/COc1ccc(F)cc1CNCCOC. The Hall–Kier alpha value is -1.39. The van der Waals surface area contributed by atoms with Gasteiger partial charge in [0.25, 0.3) is 0 Å². The molecule has 3 nitrogen and oxygen atoms in total. The minimum atomic E-state index is -0.253. The molecule has 0 radical (unpaired) electrons. The van der Waals surface area contributed by atoms with Gasteiger partial charge in [0, 0.05) is 25.8 Å². The summed E-state index contributed by atoms with van der Waals surface area (Å²) in [7, 11) is 1.65. The summed E-state index contributed by atoms with van der Waals surface area (Å²) < 4.78 is 23.7. The zero-order valence-electron chi connectivity index (χ0n) is 10.9. The third kappa shape index (κ3) is 5.29. The van der Waals surface area contributed by atoms with E-state index < -0.39 is 0 Å². The maximum absolute atomic E-state index is 13.2. The lowest BCUT2D eigenvalue weighted by Crippen LogP contribution is -2.19. The maximum Gasteiger partial charge on any atom is 0.124 e. The average Bonchev–Trinajstić information content (AvgIpc) is 2.37. The van der Waals surface area contributed by atoms with E-state index in [2.05, 4.69) is 5.32 Å². The lowest BCUT2D eigenvalue weighted by Gasteiger charge is -2.11. The normalized spacial score (nSPS) is 11.1. The number of hydrogen-bond acceptors (Lipinski definition) is 3. The third-order valence-electron chi connectivity index (χ3n) is 2.39. The van der Waals surface area contributed by atoms with Crippen molar-refractivity contribution in [2.45, 2.75) is 13.5 Å². The van der Waals surface area contributed by atoms with E-state index in [0.717, 1.165) is 12.1 Å². The molecule has 0 atom stereocenters. The van der Waals surface area contributed by atoms with Gasteiger partial charge in [-0.05, 0) is 25.1 Å². The van der Waals surface area contributed by atoms with E-state index in [-0.39, 0.29) is 5.82 Å². The van der Waals surface area contributed by atoms with Crippen LogP contribution in [0.3, 0.4) is 0 Å². The van der Waals surface area contributed by atoms with E-state index in [1.54, 1.807) is 13.2 Å². The highest BCUT2D eigenvalue weighted by atomic mass is 19.1. The van der Waals surface area contributed by atoms with Gasteiger partial charge in [0.15, 0.2) is 0 Å². The summed E-state index contributed by atoms with van der Waals surface area (Å²) in [6, 6.07) is 4.56. The number of methoxy groups -OCH3 is 1. The molecule has 1 aromatic rings. The summed E-state index contributed by atoms with van der Waals surface area (Å²) >= 11 is 0. The standard InChI is InChI=1S/C14H20FNO2/c1-3-4-8-18-14-6-5-13(15)10-12(14)11-16-7-9-17-2/h3-6,10,16H,7-9,11H2,1-2H3/b4-3+. The van der Waals surface area contributed by atoms with Crippen LogP contribution >= 0.6 is 0 Å². The van der Waals surface area contributed by atoms with Crippen molar-refractivity contribution in [3.05, 3.63) is 41.7 Å². The van der Waals surface area contributed by atoms with Gasteiger partial charge >= 0.3 is 0 Å². The molecule has 0 aromatic heterocycles. The van der Waals surface area contributed by atoms with Gasteiger partial charge in [0.1, 0.15) is 18.2 Å². The molecule has 0 heterocycles. The number of nitrogens with one attached hydrogen (secondary N) is 1. The topological polar surface area (TPSA) is 30.5 Å². The molecule has 1 N–H and O–H groups in total. The predicted octanol–water partition coefficient (Wildman–Crippen LogP) is 2.52. The molecule has 1 aromatic carbocycles. The van der Waals surface area contributed by atoms with Crippen molar-refractivity contribution >= 4 is 0 Å². The lowest BCUT2D eigenvalue weighted by molar-refractivity contribution is 0.199. The Morgan fingerprint density at radius 1 is 1.39 bits per heavy atom. The zero-order valence-corrected chi connectivity index (χ0v) is 10.9. The van der Waals surface area contributed by atoms with Crippen LogP contribution in [0.1, 0.15) is 12.5 Å². The number of hydrogen-bond donors (Lipinski definition) is 1. The number of allylic oxidation sites excluding steroid dienone is 1. The van der Waals surface area contributed by atoms with Crippen molar-refractivity contribution < 1.29 is 13.9 Å². The van der Waals surface area contributed by atoms with Crippen molar-refractivity contribution in [1.82, 2.24) is 5.32 Å².